The molecule has 0 spiro atoms. The van der Waals surface area contributed by atoms with E-state index in [0.717, 1.165) is 5.56 Å². The van der Waals surface area contributed by atoms with E-state index in [0.29, 0.717) is 11.1 Å². The van der Waals surface area contributed by atoms with Crippen LogP contribution in [0, 0.1) is 0 Å². The number of nitrogens with one attached hydrogen (secondary N) is 3. The van der Waals surface area contributed by atoms with Gasteiger partial charge in [0.15, 0.2) is 0 Å². The molecule has 0 radical (unpaired) electrons. The lowest BCUT2D eigenvalue weighted by Crippen LogP contribution is -2.60. The molecular formula is C33H46N4O7S. The minimum Gasteiger partial charge on any atom is -0.444 e. The van der Waals surface area contributed by atoms with Crippen LogP contribution in [-0.4, -0.2) is 73.6 Å². The highest BCUT2D eigenvalue weighted by Crippen LogP contribution is 2.38. The summed E-state index contributed by atoms with van der Waals surface area (Å²) in [6.45, 7) is 13.7. The van der Waals surface area contributed by atoms with E-state index in [9.17, 15) is 22.8 Å². The molecule has 11 nitrogen and oxygen atoms in total. The Hall–Kier alpha value is -3.74. The number of sulfonamides is 1. The number of likely N-dealkylation sites (N-methyl/N-ethyl adjacent to an activating group) is 1. The van der Waals surface area contributed by atoms with Crippen molar-refractivity contribution in [2.24, 2.45) is 0 Å². The number of hydrogen-bond donors (Lipinski definition) is 3. The molecule has 3 rings (SSSR count). The molecule has 1 atom stereocenters. The van der Waals surface area contributed by atoms with Crippen molar-refractivity contribution < 1.29 is 32.3 Å². The van der Waals surface area contributed by atoms with E-state index in [4.69, 9.17) is 9.47 Å². The van der Waals surface area contributed by atoms with Crippen molar-refractivity contribution in [2.75, 3.05) is 19.7 Å². The third-order valence-corrected chi connectivity index (χ3v) is 8.94. The summed E-state index contributed by atoms with van der Waals surface area (Å²) in [5.41, 5.74) is -1.26. The summed E-state index contributed by atoms with van der Waals surface area (Å²) in [6.07, 6.45) is -0.779. The number of hydrogen-bond acceptors (Lipinski definition) is 7. The van der Waals surface area contributed by atoms with E-state index in [1.165, 1.54) is 18.7 Å². The quantitative estimate of drug-likeness (QED) is 0.318. The fourth-order valence-electron chi connectivity index (χ4n) is 4.84. The number of carbonyl (C=O) groups is 3. The van der Waals surface area contributed by atoms with Gasteiger partial charge < -0.3 is 25.0 Å². The van der Waals surface area contributed by atoms with E-state index in [1.807, 2.05) is 30.3 Å². The van der Waals surface area contributed by atoms with Crippen LogP contribution < -0.4 is 15.4 Å². The van der Waals surface area contributed by atoms with Crippen LogP contribution in [0.3, 0.4) is 0 Å². The van der Waals surface area contributed by atoms with Gasteiger partial charge in [0.1, 0.15) is 17.2 Å². The minimum absolute atomic E-state index is 0.0105. The molecule has 3 N–H and O–H groups in total. The summed E-state index contributed by atoms with van der Waals surface area (Å²) in [5.74, 6) is -1.09. The molecule has 1 aliphatic heterocycles. The molecule has 0 aliphatic carbocycles. The van der Waals surface area contributed by atoms with Crippen LogP contribution in [0.4, 0.5) is 4.79 Å². The largest absolute Gasteiger partial charge is 0.444 e. The summed E-state index contributed by atoms with van der Waals surface area (Å²) in [5, 5.41) is 5.32. The molecule has 0 bridgehead atoms. The van der Waals surface area contributed by atoms with Crippen molar-refractivity contribution in [2.45, 2.75) is 84.7 Å². The summed E-state index contributed by atoms with van der Waals surface area (Å²) >= 11 is 0. The van der Waals surface area contributed by atoms with Crippen LogP contribution >= 0.6 is 0 Å². The Morgan fingerprint density at radius 1 is 0.956 bits per heavy atom. The van der Waals surface area contributed by atoms with Gasteiger partial charge in [-0.15, -0.1) is 0 Å². The van der Waals surface area contributed by atoms with Crippen LogP contribution in [0.1, 0.15) is 66.5 Å². The Balaban J connectivity index is 1.91. The number of ether oxygens (including phenoxy) is 2. The number of amides is 3. The lowest BCUT2D eigenvalue weighted by Gasteiger charge is -2.33. The van der Waals surface area contributed by atoms with Gasteiger partial charge in [0.05, 0.1) is 23.7 Å². The number of carbonyl (C=O) groups excluding carboxylic acids is 3. The number of nitrogens with zero attached hydrogens (tertiary/aromatic N) is 1. The lowest BCUT2D eigenvalue weighted by atomic mass is 9.92. The first-order valence-electron chi connectivity index (χ1n) is 14.9. The molecule has 2 aromatic carbocycles. The van der Waals surface area contributed by atoms with E-state index in [2.05, 4.69) is 15.4 Å². The van der Waals surface area contributed by atoms with Crippen LogP contribution in [-0.2, 0) is 35.7 Å². The number of benzene rings is 2. The van der Waals surface area contributed by atoms with E-state index in [1.54, 1.807) is 71.9 Å². The first-order chi connectivity index (χ1) is 20.9. The zero-order valence-corrected chi connectivity index (χ0v) is 28.2. The van der Waals surface area contributed by atoms with Crippen molar-refractivity contribution >= 4 is 32.8 Å². The summed E-state index contributed by atoms with van der Waals surface area (Å²) < 4.78 is 40.5. The van der Waals surface area contributed by atoms with Crippen molar-refractivity contribution in [1.29, 1.82) is 0 Å². The van der Waals surface area contributed by atoms with Crippen LogP contribution in [0.15, 0.2) is 66.2 Å². The molecule has 246 valence electrons. The normalized spacial score (nSPS) is 16.5. The minimum atomic E-state index is -3.86. The summed E-state index contributed by atoms with van der Waals surface area (Å²) in [6, 6.07) is 17.0. The molecule has 0 fully saturated rings. The molecule has 45 heavy (non-hydrogen) atoms. The van der Waals surface area contributed by atoms with Crippen molar-refractivity contribution in [3.05, 3.63) is 77.4 Å². The van der Waals surface area contributed by atoms with Gasteiger partial charge in [0.2, 0.25) is 21.8 Å². The number of rotatable bonds is 12. The third kappa shape index (κ3) is 9.62. The molecule has 0 unspecified atom stereocenters. The summed E-state index contributed by atoms with van der Waals surface area (Å²) in [4.78, 5) is 41.7. The second-order valence-corrected chi connectivity index (χ2v) is 14.7. The Kier molecular flexibility index (Phi) is 11.2. The fraction of sp³-hybridized carbons (Fsp3) is 0.485. The van der Waals surface area contributed by atoms with E-state index < -0.39 is 50.7 Å². The predicted molar refractivity (Wildman–Crippen MR) is 173 cm³/mol. The summed E-state index contributed by atoms with van der Waals surface area (Å²) in [7, 11) is -3.86. The standard InChI is InChI=1S/C33H46N4O7S/c1-9-37(20-25-27(24-18-14-11-15-19-24)45(41,42)36-32(25,5)6)28(38)26(22-43-21-23-16-12-10-13-17-23)34-29(39)33(7,8)35-30(40)44-31(2,3)4/h10-19,26,36H,9,20-22H2,1-8H3,(H,34,39)(H,35,40)/t26-/m1/s1. The van der Waals surface area contributed by atoms with Gasteiger partial charge in [-0.05, 0) is 72.1 Å². The number of alkyl carbamates (subject to hydrolysis) is 1. The maximum atomic E-state index is 14.1. The first-order valence-corrected chi connectivity index (χ1v) is 16.4. The van der Waals surface area contributed by atoms with Crippen LogP contribution in [0.2, 0.25) is 0 Å². The van der Waals surface area contributed by atoms with Gasteiger partial charge in [0, 0.05) is 13.1 Å². The molecule has 12 heteroatoms. The van der Waals surface area contributed by atoms with E-state index >= 15 is 0 Å². The van der Waals surface area contributed by atoms with Gasteiger partial charge in [0.25, 0.3) is 0 Å². The molecular weight excluding hydrogens is 596 g/mol. The zero-order chi connectivity index (χ0) is 33.6. The molecule has 1 aliphatic rings. The second kappa shape index (κ2) is 14.1. The Labute approximate surface area is 266 Å². The average Bonchev–Trinajstić information content (AvgIpc) is 3.12. The highest BCUT2D eigenvalue weighted by Gasteiger charge is 2.44. The maximum Gasteiger partial charge on any atom is 0.408 e. The zero-order valence-electron chi connectivity index (χ0n) is 27.4. The smallest absolute Gasteiger partial charge is 0.408 e. The Morgan fingerprint density at radius 3 is 2.09 bits per heavy atom. The fourth-order valence-corrected chi connectivity index (χ4v) is 6.83. The molecule has 2 aromatic rings. The van der Waals surface area contributed by atoms with Crippen LogP contribution in [0.25, 0.3) is 4.91 Å². The first kappa shape index (κ1) is 35.7. The Morgan fingerprint density at radius 2 is 1.53 bits per heavy atom. The average molecular weight is 643 g/mol. The monoisotopic (exact) mass is 642 g/mol. The molecule has 3 amide bonds. The lowest BCUT2D eigenvalue weighted by molar-refractivity contribution is -0.139. The third-order valence-electron chi connectivity index (χ3n) is 7.15. The van der Waals surface area contributed by atoms with Gasteiger partial charge in [-0.1, -0.05) is 60.7 Å². The highest BCUT2D eigenvalue weighted by molar-refractivity contribution is 7.99. The van der Waals surface area contributed by atoms with Crippen molar-refractivity contribution in [3.8, 4) is 0 Å². The van der Waals surface area contributed by atoms with Gasteiger partial charge in [-0.25, -0.2) is 17.9 Å². The van der Waals surface area contributed by atoms with Crippen molar-refractivity contribution in [1.82, 2.24) is 20.3 Å². The van der Waals surface area contributed by atoms with Crippen molar-refractivity contribution in [3.63, 3.8) is 0 Å². The van der Waals surface area contributed by atoms with Gasteiger partial charge in [-0.3, -0.25) is 9.59 Å². The molecule has 0 saturated heterocycles. The molecule has 0 saturated carbocycles. The van der Waals surface area contributed by atoms with Gasteiger partial charge in [-0.2, -0.15) is 0 Å². The van der Waals surface area contributed by atoms with Gasteiger partial charge >= 0.3 is 6.09 Å². The predicted octanol–water partition coefficient (Wildman–Crippen LogP) is 3.96. The SMILES string of the molecule is CCN(CC1=C(c2ccccc2)S(=O)(=O)NC1(C)C)C(=O)[C@@H](COCc1ccccc1)NC(=O)C(C)(C)NC(=O)OC(C)(C)C. The second-order valence-electron chi connectivity index (χ2n) is 13.0. The molecule has 0 aromatic heterocycles. The van der Waals surface area contributed by atoms with Crippen LogP contribution in [0.5, 0.6) is 0 Å². The molecule has 1 heterocycles. The Bertz CT molecular complexity index is 1500. The maximum absolute atomic E-state index is 14.1. The topological polar surface area (TPSA) is 143 Å². The van der Waals surface area contributed by atoms with E-state index in [-0.39, 0.29) is 31.2 Å². The highest BCUT2D eigenvalue weighted by atomic mass is 32.2.